The highest BCUT2D eigenvalue weighted by atomic mass is 16.5. The van der Waals surface area contributed by atoms with Crippen LogP contribution in [-0.2, 0) is 9.47 Å². The van der Waals surface area contributed by atoms with E-state index in [-0.39, 0.29) is 0 Å². The normalized spacial score (nSPS) is 26.3. The number of rotatable bonds is 0. The summed E-state index contributed by atoms with van der Waals surface area (Å²) in [4.78, 5) is 9.55. The van der Waals surface area contributed by atoms with E-state index in [1.165, 1.54) is 25.8 Å². The lowest BCUT2D eigenvalue weighted by atomic mass is 10.2. The molecule has 0 aromatic heterocycles. The van der Waals surface area contributed by atoms with E-state index in [0.29, 0.717) is 0 Å². The van der Waals surface area contributed by atoms with Crippen molar-refractivity contribution in [3.05, 3.63) is 12.4 Å². The Balaban J connectivity index is 1.96. The minimum Gasteiger partial charge on any atom is -0.379 e. The van der Waals surface area contributed by atoms with E-state index in [1.807, 2.05) is 0 Å². The molecule has 2 bridgehead atoms. The second-order valence-electron chi connectivity index (χ2n) is 7.25. The molecule has 0 spiro atoms. The van der Waals surface area contributed by atoms with Gasteiger partial charge >= 0.3 is 0 Å². The predicted octanol–water partition coefficient (Wildman–Crippen LogP) is 1.16. The molecule has 6 nitrogen and oxygen atoms in total. The Hall–Kier alpha value is -0.820. The topological polar surface area (TPSA) is 31.4 Å². The first-order valence-electron chi connectivity index (χ1n) is 9.93. The highest BCUT2D eigenvalue weighted by molar-refractivity contribution is 4.82. The van der Waals surface area contributed by atoms with Crippen LogP contribution in [0.1, 0.15) is 19.3 Å². The van der Waals surface area contributed by atoms with Crippen molar-refractivity contribution >= 4 is 0 Å². The molecule has 3 heterocycles. The summed E-state index contributed by atoms with van der Waals surface area (Å²) in [6, 6.07) is 0. The van der Waals surface area contributed by atoms with Gasteiger partial charge < -0.3 is 24.2 Å². The molecular formula is C19H38N4O2. The standard InChI is InChI=1S/C19H38N4O2/c1-20-6-4-3-5-7-21(2)9-11-23-14-18-24-16-12-22(10-8-20)13-17-25-19-15-23/h8,10H,3-7,9,11-19H2,1-2H3/b10-8-. The molecule has 6 heteroatoms. The number of hydrogen-bond acceptors (Lipinski definition) is 6. The summed E-state index contributed by atoms with van der Waals surface area (Å²) in [7, 11) is 4.41. The zero-order valence-electron chi connectivity index (χ0n) is 16.4. The fourth-order valence-corrected chi connectivity index (χ4v) is 3.18. The maximum absolute atomic E-state index is 5.88. The minimum atomic E-state index is 0.780. The maximum Gasteiger partial charge on any atom is 0.0642 e. The molecule has 25 heavy (non-hydrogen) atoms. The Morgan fingerprint density at radius 2 is 1.24 bits per heavy atom. The largest absolute Gasteiger partial charge is 0.379 e. The van der Waals surface area contributed by atoms with E-state index in [4.69, 9.17) is 9.47 Å². The van der Waals surface area contributed by atoms with E-state index in [2.05, 4.69) is 46.1 Å². The lowest BCUT2D eigenvalue weighted by Gasteiger charge is -2.28. The van der Waals surface area contributed by atoms with Gasteiger partial charge in [-0.05, 0) is 26.4 Å². The molecule has 0 amide bonds. The molecule has 0 saturated carbocycles. The number of ether oxygens (including phenoxy) is 2. The van der Waals surface area contributed by atoms with Crippen LogP contribution in [0.3, 0.4) is 0 Å². The molecule has 3 aliphatic heterocycles. The van der Waals surface area contributed by atoms with Gasteiger partial charge in [-0.3, -0.25) is 4.90 Å². The van der Waals surface area contributed by atoms with Crippen LogP contribution in [0.2, 0.25) is 0 Å². The summed E-state index contributed by atoms with van der Waals surface area (Å²) in [5.41, 5.74) is 0. The minimum absolute atomic E-state index is 0.780. The van der Waals surface area contributed by atoms with Crippen molar-refractivity contribution in [2.24, 2.45) is 0 Å². The van der Waals surface area contributed by atoms with Gasteiger partial charge in [0.15, 0.2) is 0 Å². The average Bonchev–Trinajstić information content (AvgIpc) is 2.59. The van der Waals surface area contributed by atoms with E-state index in [1.54, 1.807) is 0 Å². The van der Waals surface area contributed by atoms with Gasteiger partial charge in [-0.1, -0.05) is 6.42 Å². The van der Waals surface area contributed by atoms with Crippen LogP contribution in [0.5, 0.6) is 0 Å². The van der Waals surface area contributed by atoms with E-state index >= 15 is 0 Å². The Bertz CT molecular complexity index is 353. The quantitative estimate of drug-likeness (QED) is 0.649. The van der Waals surface area contributed by atoms with Crippen LogP contribution in [0.25, 0.3) is 0 Å². The number of hydrogen-bond donors (Lipinski definition) is 0. The second-order valence-corrected chi connectivity index (χ2v) is 7.25. The maximum atomic E-state index is 5.88. The molecule has 0 aromatic rings. The molecular weight excluding hydrogens is 316 g/mol. The summed E-state index contributed by atoms with van der Waals surface area (Å²) in [6.07, 6.45) is 8.24. The summed E-state index contributed by atoms with van der Waals surface area (Å²) < 4.78 is 11.8. The fraction of sp³-hybridized carbons (Fsp3) is 0.895. The molecule has 1 fully saturated rings. The van der Waals surface area contributed by atoms with Crippen molar-refractivity contribution in [1.29, 1.82) is 0 Å². The molecule has 146 valence electrons. The lowest BCUT2D eigenvalue weighted by Crippen LogP contribution is -2.39. The van der Waals surface area contributed by atoms with Crippen LogP contribution < -0.4 is 0 Å². The van der Waals surface area contributed by atoms with Crippen molar-refractivity contribution in [2.45, 2.75) is 19.3 Å². The van der Waals surface area contributed by atoms with Crippen molar-refractivity contribution in [1.82, 2.24) is 19.6 Å². The molecule has 0 unspecified atom stereocenters. The molecule has 0 N–H and O–H groups in total. The first-order chi connectivity index (χ1) is 12.2. The average molecular weight is 355 g/mol. The third kappa shape index (κ3) is 9.45. The van der Waals surface area contributed by atoms with Gasteiger partial charge in [0.1, 0.15) is 0 Å². The number of fused-ring (bicyclic) bond motifs is 17. The van der Waals surface area contributed by atoms with Crippen LogP contribution >= 0.6 is 0 Å². The van der Waals surface area contributed by atoms with Crippen LogP contribution in [0.4, 0.5) is 0 Å². The van der Waals surface area contributed by atoms with Crippen molar-refractivity contribution in [3.63, 3.8) is 0 Å². The molecule has 0 radical (unpaired) electrons. The van der Waals surface area contributed by atoms with Gasteiger partial charge in [-0.15, -0.1) is 0 Å². The molecule has 0 atom stereocenters. The Kier molecular flexibility index (Phi) is 10.3. The van der Waals surface area contributed by atoms with Gasteiger partial charge in [0, 0.05) is 65.3 Å². The molecule has 0 aliphatic carbocycles. The summed E-state index contributed by atoms with van der Waals surface area (Å²) in [5.74, 6) is 0. The smallest absolute Gasteiger partial charge is 0.0642 e. The van der Waals surface area contributed by atoms with E-state index in [9.17, 15) is 0 Å². The molecule has 0 aromatic carbocycles. The van der Waals surface area contributed by atoms with Crippen molar-refractivity contribution in [2.75, 3.05) is 92.9 Å². The van der Waals surface area contributed by atoms with Crippen LogP contribution in [-0.4, -0.2) is 112 Å². The van der Waals surface area contributed by atoms with Gasteiger partial charge in [0.2, 0.25) is 0 Å². The Labute approximate surface area is 154 Å². The van der Waals surface area contributed by atoms with Gasteiger partial charge in [-0.25, -0.2) is 0 Å². The zero-order chi connectivity index (χ0) is 17.7. The number of likely N-dealkylation sites (N-methyl/N-ethyl adjacent to an activating group) is 1. The Morgan fingerprint density at radius 3 is 1.96 bits per heavy atom. The summed E-state index contributed by atoms with van der Waals surface area (Å²) in [6.45, 7) is 11.5. The van der Waals surface area contributed by atoms with Gasteiger partial charge in [-0.2, -0.15) is 0 Å². The van der Waals surface area contributed by atoms with Crippen molar-refractivity contribution in [3.8, 4) is 0 Å². The van der Waals surface area contributed by atoms with E-state index in [0.717, 1.165) is 72.2 Å². The summed E-state index contributed by atoms with van der Waals surface area (Å²) >= 11 is 0. The monoisotopic (exact) mass is 354 g/mol. The first kappa shape index (κ1) is 20.5. The predicted molar refractivity (Wildman–Crippen MR) is 103 cm³/mol. The first-order valence-corrected chi connectivity index (χ1v) is 9.93. The molecule has 1 saturated heterocycles. The highest BCUT2D eigenvalue weighted by Gasteiger charge is 2.09. The highest BCUT2D eigenvalue weighted by Crippen LogP contribution is 2.03. The van der Waals surface area contributed by atoms with E-state index < -0.39 is 0 Å². The number of nitrogens with zero attached hydrogens (tertiary/aromatic N) is 4. The summed E-state index contributed by atoms with van der Waals surface area (Å²) in [5, 5.41) is 0. The van der Waals surface area contributed by atoms with Gasteiger partial charge in [0.05, 0.1) is 26.4 Å². The van der Waals surface area contributed by atoms with Crippen LogP contribution in [0, 0.1) is 0 Å². The second kappa shape index (κ2) is 12.5. The van der Waals surface area contributed by atoms with Crippen LogP contribution in [0.15, 0.2) is 12.4 Å². The Morgan fingerprint density at radius 1 is 0.600 bits per heavy atom. The van der Waals surface area contributed by atoms with Gasteiger partial charge in [0.25, 0.3) is 0 Å². The SMILES string of the molecule is CN1/C=C\N2CCOCCN(CCOCC2)CCN(C)CCCCC1. The third-order valence-electron chi connectivity index (χ3n) is 5.03. The molecule has 3 aliphatic rings. The lowest BCUT2D eigenvalue weighted by molar-refractivity contribution is 0.0454. The molecule has 3 rings (SSSR count). The zero-order valence-corrected chi connectivity index (χ0v) is 16.4. The van der Waals surface area contributed by atoms with Crippen molar-refractivity contribution < 1.29 is 9.47 Å². The third-order valence-corrected chi connectivity index (χ3v) is 5.03. The fourth-order valence-electron chi connectivity index (χ4n) is 3.18.